The van der Waals surface area contributed by atoms with Gasteiger partial charge in [0.15, 0.2) is 0 Å². The minimum absolute atomic E-state index is 0.313. The van der Waals surface area contributed by atoms with Gasteiger partial charge in [-0.1, -0.05) is 5.57 Å². The van der Waals surface area contributed by atoms with Crippen molar-refractivity contribution >= 4 is 0 Å². The summed E-state index contributed by atoms with van der Waals surface area (Å²) in [6.07, 6.45) is 5.13. The van der Waals surface area contributed by atoms with Gasteiger partial charge in [-0.2, -0.15) is 0 Å². The maximum atomic E-state index is 9.66. The maximum Gasteiger partial charge on any atom is 0.120 e. The van der Waals surface area contributed by atoms with E-state index in [4.69, 9.17) is 10.6 Å². The van der Waals surface area contributed by atoms with Crippen LogP contribution >= 0.6 is 0 Å². The highest BCUT2D eigenvalue weighted by Crippen LogP contribution is 2.37. The summed E-state index contributed by atoms with van der Waals surface area (Å²) < 4.78 is 5.88. The molecule has 0 spiro atoms. The molecule has 1 fully saturated rings. The number of ether oxygens (including phenoxy) is 1. The molecular weight excluding hydrogens is 254 g/mol. The molecule has 2 atom stereocenters. The molecule has 3 aliphatic rings. The fourth-order valence-corrected chi connectivity index (χ4v) is 3.41. The summed E-state index contributed by atoms with van der Waals surface area (Å²) in [4.78, 5) is 2.26. The number of fused-ring (bicyclic) bond motifs is 1. The van der Waals surface area contributed by atoms with Gasteiger partial charge in [-0.15, -0.1) is 0 Å². The Morgan fingerprint density at radius 2 is 2.30 bits per heavy atom. The fraction of sp³-hybridized carbons (Fsp3) is 0.733. The molecule has 1 unspecified atom stereocenters. The molecule has 0 radical (unpaired) electrons. The summed E-state index contributed by atoms with van der Waals surface area (Å²) in [5.74, 6) is 7.63. The number of β-amino-alcohol motifs (C(OH)–C–C–N with tert-alkyl or cyclic N) is 1. The summed E-state index contributed by atoms with van der Waals surface area (Å²) in [5.41, 5.74) is 2.69. The average molecular weight is 279 g/mol. The zero-order chi connectivity index (χ0) is 14.1. The first-order chi connectivity index (χ1) is 9.63. The van der Waals surface area contributed by atoms with Crippen LogP contribution in [0.1, 0.15) is 26.2 Å². The molecule has 0 amide bonds. The Balaban J connectivity index is 1.82. The van der Waals surface area contributed by atoms with E-state index < -0.39 is 0 Å². The Morgan fingerprint density at radius 1 is 1.45 bits per heavy atom. The van der Waals surface area contributed by atoms with Crippen LogP contribution in [-0.4, -0.2) is 53.9 Å². The number of aliphatic hydroxyl groups is 1. The highest BCUT2D eigenvalue weighted by molar-refractivity contribution is 5.34. The van der Waals surface area contributed by atoms with Crippen LogP contribution in [0.2, 0.25) is 0 Å². The summed E-state index contributed by atoms with van der Waals surface area (Å²) >= 11 is 0. The molecule has 0 saturated carbocycles. The number of allylic oxidation sites excluding steroid dienone is 2. The van der Waals surface area contributed by atoms with Crippen LogP contribution in [0, 0.1) is 5.92 Å². The van der Waals surface area contributed by atoms with Crippen LogP contribution < -0.4 is 5.84 Å². The van der Waals surface area contributed by atoms with Gasteiger partial charge in [-0.05, 0) is 31.8 Å². The maximum absolute atomic E-state index is 9.66. The Kier molecular flexibility index (Phi) is 4.01. The van der Waals surface area contributed by atoms with E-state index in [0.29, 0.717) is 12.5 Å². The summed E-state index contributed by atoms with van der Waals surface area (Å²) in [7, 11) is 0. The largest absolute Gasteiger partial charge is 0.494 e. The van der Waals surface area contributed by atoms with Gasteiger partial charge >= 0.3 is 0 Å². The van der Waals surface area contributed by atoms with Crippen molar-refractivity contribution in [2.75, 3.05) is 32.8 Å². The third-order valence-electron chi connectivity index (χ3n) is 4.48. The lowest BCUT2D eigenvalue weighted by Gasteiger charge is -2.37. The average Bonchev–Trinajstić information content (AvgIpc) is 2.59. The van der Waals surface area contributed by atoms with Gasteiger partial charge in [-0.3, -0.25) is 5.84 Å². The van der Waals surface area contributed by atoms with Gasteiger partial charge < -0.3 is 14.7 Å². The first-order valence-corrected chi connectivity index (χ1v) is 7.62. The highest BCUT2D eigenvalue weighted by atomic mass is 16.5. The van der Waals surface area contributed by atoms with Crippen molar-refractivity contribution in [2.45, 2.75) is 32.3 Å². The topological polar surface area (TPSA) is 62.0 Å². The van der Waals surface area contributed by atoms with Crippen molar-refractivity contribution in [3.8, 4) is 0 Å². The first kappa shape index (κ1) is 13.9. The van der Waals surface area contributed by atoms with E-state index >= 15 is 0 Å². The molecule has 1 saturated heterocycles. The van der Waals surface area contributed by atoms with E-state index in [1.54, 1.807) is 0 Å². The number of hydrogen-bond acceptors (Lipinski definition) is 5. The SMILES string of the molecule is C[C@H](O)CN1CCOC2=C1C=C1CCN(N)CCC1C2. The van der Waals surface area contributed by atoms with Crippen molar-refractivity contribution < 1.29 is 9.84 Å². The zero-order valence-electron chi connectivity index (χ0n) is 12.2. The van der Waals surface area contributed by atoms with E-state index in [-0.39, 0.29) is 6.10 Å². The molecule has 0 aromatic rings. The van der Waals surface area contributed by atoms with Crippen molar-refractivity contribution in [1.29, 1.82) is 0 Å². The van der Waals surface area contributed by atoms with Crippen molar-refractivity contribution in [1.82, 2.24) is 9.91 Å². The molecular formula is C15H25N3O2. The molecule has 1 aliphatic carbocycles. The monoisotopic (exact) mass is 279 g/mol. The molecule has 5 nitrogen and oxygen atoms in total. The summed E-state index contributed by atoms with van der Waals surface area (Å²) in [6.45, 7) is 6.00. The summed E-state index contributed by atoms with van der Waals surface area (Å²) in [6, 6.07) is 0. The summed E-state index contributed by atoms with van der Waals surface area (Å²) in [5, 5.41) is 11.6. The second-order valence-corrected chi connectivity index (χ2v) is 6.15. The quantitative estimate of drug-likeness (QED) is 0.733. The molecule has 0 bridgehead atoms. The molecule has 112 valence electrons. The van der Waals surface area contributed by atoms with Crippen molar-refractivity contribution in [2.24, 2.45) is 11.8 Å². The third kappa shape index (κ3) is 2.85. The van der Waals surface area contributed by atoms with E-state index in [0.717, 1.165) is 51.3 Å². The molecule has 3 rings (SSSR count). The third-order valence-corrected chi connectivity index (χ3v) is 4.48. The smallest absolute Gasteiger partial charge is 0.120 e. The van der Waals surface area contributed by atoms with Gasteiger partial charge in [0.25, 0.3) is 0 Å². The number of nitrogens with two attached hydrogens (primary N) is 1. The predicted molar refractivity (Wildman–Crippen MR) is 77.4 cm³/mol. The van der Waals surface area contributed by atoms with Crippen LogP contribution in [0.25, 0.3) is 0 Å². The number of hydrogen-bond donors (Lipinski definition) is 2. The Hall–Kier alpha value is -1.04. The fourth-order valence-electron chi connectivity index (χ4n) is 3.41. The standard InChI is InChI=1S/C15H25N3O2/c1-11(19)10-17-6-7-20-15-9-13-3-5-18(16)4-2-12(13)8-14(15)17/h8,11,13,19H,2-7,9-10,16H2,1H3/t11-,13?/m0/s1. The van der Waals surface area contributed by atoms with E-state index in [2.05, 4.69) is 11.0 Å². The lowest BCUT2D eigenvalue weighted by atomic mass is 9.85. The van der Waals surface area contributed by atoms with Gasteiger partial charge in [0.05, 0.1) is 18.3 Å². The molecule has 5 heteroatoms. The minimum Gasteiger partial charge on any atom is -0.494 e. The van der Waals surface area contributed by atoms with Gasteiger partial charge in [-0.25, -0.2) is 5.01 Å². The van der Waals surface area contributed by atoms with Crippen LogP contribution in [0.4, 0.5) is 0 Å². The van der Waals surface area contributed by atoms with Crippen molar-refractivity contribution in [3.63, 3.8) is 0 Å². The minimum atomic E-state index is -0.313. The number of nitrogens with zero attached hydrogens (tertiary/aromatic N) is 2. The van der Waals surface area contributed by atoms with Crippen molar-refractivity contribution in [3.05, 3.63) is 23.1 Å². The number of rotatable bonds is 2. The Bertz CT molecular complexity index is 431. The number of hydrazine groups is 1. The second-order valence-electron chi connectivity index (χ2n) is 6.15. The van der Waals surface area contributed by atoms with Crippen LogP contribution in [0.5, 0.6) is 0 Å². The predicted octanol–water partition coefficient (Wildman–Crippen LogP) is 0.827. The van der Waals surface area contributed by atoms with Crippen LogP contribution in [0.15, 0.2) is 23.1 Å². The van der Waals surface area contributed by atoms with E-state index in [1.165, 1.54) is 11.3 Å². The second kappa shape index (κ2) is 5.76. The zero-order valence-corrected chi connectivity index (χ0v) is 12.2. The molecule has 20 heavy (non-hydrogen) atoms. The van der Waals surface area contributed by atoms with Gasteiger partial charge in [0.1, 0.15) is 12.4 Å². The van der Waals surface area contributed by atoms with Gasteiger partial charge in [0.2, 0.25) is 0 Å². The van der Waals surface area contributed by atoms with Gasteiger partial charge in [0, 0.05) is 26.1 Å². The Morgan fingerprint density at radius 3 is 3.10 bits per heavy atom. The highest BCUT2D eigenvalue weighted by Gasteiger charge is 2.31. The molecule has 0 aromatic heterocycles. The lowest BCUT2D eigenvalue weighted by molar-refractivity contribution is 0.0848. The molecule has 2 heterocycles. The van der Waals surface area contributed by atoms with E-state index in [9.17, 15) is 5.11 Å². The normalized spacial score (nSPS) is 29.1. The lowest BCUT2D eigenvalue weighted by Crippen LogP contribution is -2.38. The van der Waals surface area contributed by atoms with Crippen LogP contribution in [0.3, 0.4) is 0 Å². The number of aliphatic hydroxyl groups excluding tert-OH is 1. The Labute approximate surface area is 120 Å². The van der Waals surface area contributed by atoms with Crippen LogP contribution in [-0.2, 0) is 4.74 Å². The molecule has 3 N–H and O–H groups in total. The molecule has 2 aliphatic heterocycles. The molecule has 0 aromatic carbocycles. The van der Waals surface area contributed by atoms with E-state index in [1.807, 2.05) is 11.9 Å². The first-order valence-electron chi connectivity index (χ1n) is 7.62.